The van der Waals surface area contributed by atoms with Crippen molar-refractivity contribution in [2.24, 2.45) is 0 Å². The Balaban J connectivity index is 1.64. The van der Waals surface area contributed by atoms with E-state index in [1.165, 1.54) is 35.0 Å². The molecule has 0 spiro atoms. The van der Waals surface area contributed by atoms with Crippen LogP contribution >= 0.6 is 11.8 Å². The van der Waals surface area contributed by atoms with Crippen molar-refractivity contribution in [3.63, 3.8) is 0 Å². The molecule has 3 aromatic carbocycles. The Morgan fingerprint density at radius 2 is 1.70 bits per heavy atom. The maximum atomic E-state index is 13.2. The van der Waals surface area contributed by atoms with Gasteiger partial charge in [0.15, 0.2) is 11.0 Å². The Labute approximate surface area is 220 Å². The second-order valence-electron chi connectivity index (χ2n) is 8.77. The van der Waals surface area contributed by atoms with E-state index in [0.29, 0.717) is 28.8 Å². The smallest absolute Gasteiger partial charge is 0.269 e. The van der Waals surface area contributed by atoms with Gasteiger partial charge in [0.1, 0.15) is 0 Å². The molecule has 0 saturated heterocycles. The molecular formula is C28H29N5O3S. The van der Waals surface area contributed by atoms with E-state index in [-0.39, 0.29) is 17.5 Å². The first-order valence-corrected chi connectivity index (χ1v) is 13.1. The van der Waals surface area contributed by atoms with E-state index in [2.05, 4.69) is 34.6 Å². The zero-order valence-electron chi connectivity index (χ0n) is 21.0. The fraction of sp³-hybridized carbons (Fsp3) is 0.250. The van der Waals surface area contributed by atoms with Gasteiger partial charge in [0.05, 0.1) is 16.9 Å². The SMILES string of the molecule is CCC(C(=O)NC(C)c1nnc(SCc2ccccc2C)n1-c1ccc([N+](=O)[O-])cc1)c1ccccc1. The number of amides is 1. The van der Waals surface area contributed by atoms with Crippen molar-refractivity contribution in [3.8, 4) is 5.69 Å². The zero-order valence-corrected chi connectivity index (χ0v) is 21.8. The van der Waals surface area contributed by atoms with Crippen LogP contribution in [0.3, 0.4) is 0 Å². The van der Waals surface area contributed by atoms with Crippen LogP contribution in [-0.2, 0) is 10.5 Å². The van der Waals surface area contributed by atoms with Crippen LogP contribution < -0.4 is 5.32 Å². The monoisotopic (exact) mass is 515 g/mol. The van der Waals surface area contributed by atoms with Gasteiger partial charge in [-0.25, -0.2) is 0 Å². The minimum absolute atomic E-state index is 0.00230. The van der Waals surface area contributed by atoms with Gasteiger partial charge in [0.25, 0.3) is 5.69 Å². The van der Waals surface area contributed by atoms with Crippen LogP contribution in [0.4, 0.5) is 5.69 Å². The van der Waals surface area contributed by atoms with Crippen LogP contribution in [0, 0.1) is 17.0 Å². The maximum Gasteiger partial charge on any atom is 0.269 e. The summed E-state index contributed by atoms with van der Waals surface area (Å²) in [5.41, 5.74) is 4.02. The third-order valence-corrected chi connectivity index (χ3v) is 7.25. The Hall–Kier alpha value is -3.98. The van der Waals surface area contributed by atoms with Gasteiger partial charge < -0.3 is 5.32 Å². The number of aromatic nitrogens is 3. The molecule has 0 aliphatic carbocycles. The number of nitro benzene ring substituents is 1. The zero-order chi connectivity index (χ0) is 26.4. The summed E-state index contributed by atoms with van der Waals surface area (Å²) in [5, 5.41) is 23.8. The third-order valence-electron chi connectivity index (χ3n) is 6.27. The fourth-order valence-corrected chi connectivity index (χ4v) is 5.21. The molecule has 1 aromatic heterocycles. The molecule has 0 aliphatic heterocycles. The van der Waals surface area contributed by atoms with Gasteiger partial charge >= 0.3 is 0 Å². The van der Waals surface area contributed by atoms with Crippen molar-refractivity contribution in [2.75, 3.05) is 0 Å². The molecule has 2 unspecified atom stereocenters. The molecule has 0 bridgehead atoms. The number of aryl methyl sites for hydroxylation is 1. The molecule has 4 aromatic rings. The lowest BCUT2D eigenvalue weighted by atomic mass is 9.95. The Morgan fingerprint density at radius 3 is 2.35 bits per heavy atom. The second-order valence-corrected chi connectivity index (χ2v) is 9.71. The van der Waals surface area contributed by atoms with E-state index in [1.807, 2.05) is 60.9 Å². The quantitative estimate of drug-likeness (QED) is 0.154. The average molecular weight is 516 g/mol. The summed E-state index contributed by atoms with van der Waals surface area (Å²) in [6.45, 7) is 5.93. The lowest BCUT2D eigenvalue weighted by Gasteiger charge is -2.20. The van der Waals surface area contributed by atoms with E-state index in [0.717, 1.165) is 5.56 Å². The first kappa shape index (κ1) is 26.1. The van der Waals surface area contributed by atoms with Crippen LogP contribution in [-0.4, -0.2) is 25.6 Å². The topological polar surface area (TPSA) is 103 Å². The highest BCUT2D eigenvalue weighted by atomic mass is 32.2. The highest BCUT2D eigenvalue weighted by Crippen LogP contribution is 2.30. The second kappa shape index (κ2) is 11.8. The summed E-state index contributed by atoms with van der Waals surface area (Å²) in [6, 6.07) is 23.7. The van der Waals surface area contributed by atoms with E-state index in [9.17, 15) is 14.9 Å². The van der Waals surface area contributed by atoms with E-state index < -0.39 is 11.0 Å². The van der Waals surface area contributed by atoms with E-state index in [1.54, 1.807) is 12.1 Å². The number of thioether (sulfide) groups is 1. The number of hydrogen-bond donors (Lipinski definition) is 1. The molecule has 8 nitrogen and oxygen atoms in total. The minimum Gasteiger partial charge on any atom is -0.346 e. The molecule has 1 N–H and O–H groups in total. The largest absolute Gasteiger partial charge is 0.346 e. The lowest BCUT2D eigenvalue weighted by Crippen LogP contribution is -2.32. The molecular weight excluding hydrogens is 486 g/mol. The fourth-order valence-electron chi connectivity index (χ4n) is 4.17. The molecule has 37 heavy (non-hydrogen) atoms. The minimum atomic E-state index is -0.444. The van der Waals surface area contributed by atoms with Gasteiger partial charge in [0.2, 0.25) is 5.91 Å². The Kier molecular flexibility index (Phi) is 8.35. The highest BCUT2D eigenvalue weighted by Gasteiger charge is 2.25. The predicted octanol–water partition coefficient (Wildman–Crippen LogP) is 6.15. The lowest BCUT2D eigenvalue weighted by molar-refractivity contribution is -0.384. The van der Waals surface area contributed by atoms with Gasteiger partial charge in [0, 0.05) is 23.6 Å². The van der Waals surface area contributed by atoms with Gasteiger partial charge in [-0.1, -0.05) is 73.3 Å². The van der Waals surface area contributed by atoms with Crippen LogP contribution in [0.2, 0.25) is 0 Å². The number of hydrogen-bond acceptors (Lipinski definition) is 6. The standard InChI is InChI=1S/C28H29N5O3S/c1-4-25(21-11-6-5-7-12-21)27(34)29-20(3)26-30-31-28(37-18-22-13-9-8-10-19(22)2)32(26)23-14-16-24(17-15-23)33(35)36/h5-17,20,25H,4,18H2,1-3H3,(H,29,34). The number of nitro groups is 1. The average Bonchev–Trinajstić information content (AvgIpc) is 3.33. The molecule has 9 heteroatoms. The molecule has 0 aliphatic rings. The number of carbonyl (C=O) groups excluding carboxylic acids is 1. The highest BCUT2D eigenvalue weighted by molar-refractivity contribution is 7.98. The van der Waals surface area contributed by atoms with Gasteiger partial charge in [-0.15, -0.1) is 10.2 Å². The molecule has 0 fully saturated rings. The molecule has 1 heterocycles. The van der Waals surface area contributed by atoms with E-state index >= 15 is 0 Å². The maximum absolute atomic E-state index is 13.2. The first-order valence-electron chi connectivity index (χ1n) is 12.1. The predicted molar refractivity (Wildman–Crippen MR) is 145 cm³/mol. The number of rotatable bonds is 10. The van der Waals surface area contributed by atoms with Crippen molar-refractivity contribution in [3.05, 3.63) is 111 Å². The van der Waals surface area contributed by atoms with Crippen molar-refractivity contribution in [1.82, 2.24) is 20.1 Å². The summed E-state index contributed by atoms with van der Waals surface area (Å²) in [6.07, 6.45) is 0.662. The summed E-state index contributed by atoms with van der Waals surface area (Å²) in [4.78, 5) is 24.0. The summed E-state index contributed by atoms with van der Waals surface area (Å²) in [5.74, 6) is 0.866. The van der Waals surface area contributed by atoms with Crippen LogP contribution in [0.25, 0.3) is 5.69 Å². The Bertz CT molecular complexity index is 1370. The van der Waals surface area contributed by atoms with Crippen LogP contribution in [0.1, 0.15) is 54.7 Å². The van der Waals surface area contributed by atoms with Crippen molar-refractivity contribution >= 4 is 23.4 Å². The molecule has 0 radical (unpaired) electrons. The van der Waals surface area contributed by atoms with Crippen molar-refractivity contribution in [2.45, 2.75) is 50.1 Å². The third kappa shape index (κ3) is 6.06. The van der Waals surface area contributed by atoms with Gasteiger partial charge in [-0.2, -0.15) is 0 Å². The van der Waals surface area contributed by atoms with Gasteiger partial charge in [-0.05, 0) is 49.1 Å². The van der Waals surface area contributed by atoms with Gasteiger partial charge in [-0.3, -0.25) is 19.5 Å². The Morgan fingerprint density at radius 1 is 1.03 bits per heavy atom. The number of benzene rings is 3. The number of nitrogens with one attached hydrogen (secondary N) is 1. The normalized spacial score (nSPS) is 12.6. The molecule has 4 rings (SSSR count). The van der Waals surface area contributed by atoms with Crippen LogP contribution in [0.15, 0.2) is 84.0 Å². The summed E-state index contributed by atoms with van der Waals surface area (Å²) < 4.78 is 1.86. The van der Waals surface area contributed by atoms with Crippen LogP contribution in [0.5, 0.6) is 0 Å². The molecule has 2 atom stereocenters. The molecule has 0 saturated carbocycles. The summed E-state index contributed by atoms with van der Waals surface area (Å²) in [7, 11) is 0. The van der Waals surface area contributed by atoms with E-state index in [4.69, 9.17) is 0 Å². The van der Waals surface area contributed by atoms with Crippen molar-refractivity contribution < 1.29 is 9.72 Å². The number of non-ortho nitro benzene ring substituents is 1. The number of carbonyl (C=O) groups is 1. The summed E-state index contributed by atoms with van der Waals surface area (Å²) >= 11 is 1.53. The number of nitrogens with zero attached hydrogens (tertiary/aromatic N) is 4. The first-order chi connectivity index (χ1) is 17.9. The molecule has 1 amide bonds. The molecule has 190 valence electrons. The van der Waals surface area contributed by atoms with Crippen molar-refractivity contribution in [1.29, 1.82) is 0 Å².